The number of aliphatic carboxylic acids is 2. The smallest absolute Gasteiger partial charge is 0.325 e. The molecule has 84 valence electrons. The molecular formula is C8H10O6S. The highest BCUT2D eigenvalue weighted by atomic mass is 32.2. The summed E-state index contributed by atoms with van der Waals surface area (Å²) in [5, 5.41) is 13.2. The molecule has 0 radical (unpaired) electrons. The first-order valence-corrected chi connectivity index (χ1v) is 5.33. The summed E-state index contributed by atoms with van der Waals surface area (Å²) >= 11 is 0. The Hall–Kier alpha value is -1.63. The molecule has 2 N–H and O–H groups in total. The van der Waals surface area contributed by atoms with Crippen LogP contribution in [0.5, 0.6) is 0 Å². The molecule has 0 saturated carbocycles. The summed E-state index contributed by atoms with van der Waals surface area (Å²) in [7, 11) is -4.40. The molecule has 0 aromatic heterocycles. The summed E-state index contributed by atoms with van der Waals surface area (Å²) in [5.74, 6) is -3.34. The molecule has 0 heterocycles. The number of hydrogen-bond donors (Lipinski definition) is 2. The fraction of sp³-hybridized carbons (Fsp3) is 0.250. The molecular weight excluding hydrogens is 224 g/mol. The van der Waals surface area contributed by atoms with Gasteiger partial charge in [0.25, 0.3) is 0 Å². The van der Waals surface area contributed by atoms with E-state index in [1.807, 2.05) is 0 Å². The van der Waals surface area contributed by atoms with Gasteiger partial charge in [-0.25, -0.2) is 8.42 Å². The molecule has 0 aliphatic rings. The SMILES string of the molecule is C=CC(C(=O)O)S(=O)(=O)C(C=C)C(=O)O. The number of rotatable bonds is 6. The lowest BCUT2D eigenvalue weighted by atomic mass is 10.4. The van der Waals surface area contributed by atoms with Gasteiger partial charge in [0, 0.05) is 0 Å². The van der Waals surface area contributed by atoms with Crippen molar-refractivity contribution in [3.8, 4) is 0 Å². The van der Waals surface area contributed by atoms with Crippen LogP contribution in [-0.4, -0.2) is 41.1 Å². The zero-order chi connectivity index (χ0) is 12.2. The van der Waals surface area contributed by atoms with E-state index in [4.69, 9.17) is 10.2 Å². The fourth-order valence-electron chi connectivity index (χ4n) is 0.909. The van der Waals surface area contributed by atoms with Crippen molar-refractivity contribution < 1.29 is 28.2 Å². The van der Waals surface area contributed by atoms with Crippen LogP contribution in [0.4, 0.5) is 0 Å². The maximum Gasteiger partial charge on any atom is 0.325 e. The van der Waals surface area contributed by atoms with Crippen LogP contribution >= 0.6 is 0 Å². The molecule has 0 rings (SSSR count). The third-order valence-corrected chi connectivity index (χ3v) is 3.83. The van der Waals surface area contributed by atoms with E-state index in [0.29, 0.717) is 12.2 Å². The van der Waals surface area contributed by atoms with Gasteiger partial charge in [0.05, 0.1) is 0 Å². The van der Waals surface area contributed by atoms with Crippen LogP contribution in [0.1, 0.15) is 0 Å². The summed E-state index contributed by atoms with van der Waals surface area (Å²) in [4.78, 5) is 21.1. The molecule has 2 unspecified atom stereocenters. The third-order valence-electron chi connectivity index (χ3n) is 1.62. The van der Waals surface area contributed by atoms with Crippen molar-refractivity contribution in [2.24, 2.45) is 0 Å². The topological polar surface area (TPSA) is 109 Å². The normalized spacial score (nSPS) is 14.9. The van der Waals surface area contributed by atoms with Crippen molar-refractivity contribution >= 4 is 21.8 Å². The molecule has 6 nitrogen and oxygen atoms in total. The number of carboxylic acids is 2. The van der Waals surface area contributed by atoms with E-state index in [9.17, 15) is 18.0 Å². The maximum absolute atomic E-state index is 11.5. The largest absolute Gasteiger partial charge is 0.480 e. The monoisotopic (exact) mass is 234 g/mol. The first-order valence-electron chi connectivity index (χ1n) is 3.72. The Morgan fingerprint density at radius 1 is 1.00 bits per heavy atom. The van der Waals surface area contributed by atoms with Gasteiger partial charge in [0.1, 0.15) is 0 Å². The van der Waals surface area contributed by atoms with E-state index in [2.05, 4.69) is 13.2 Å². The number of hydrogen-bond acceptors (Lipinski definition) is 4. The number of carboxylic acid groups (broad SMARTS) is 2. The highest BCUT2D eigenvalue weighted by Gasteiger charge is 2.39. The molecule has 0 amide bonds. The van der Waals surface area contributed by atoms with Crippen LogP contribution in [0.15, 0.2) is 25.3 Å². The quantitative estimate of drug-likeness (QED) is 0.609. The predicted molar refractivity (Wildman–Crippen MR) is 52.2 cm³/mol. The van der Waals surface area contributed by atoms with Gasteiger partial charge < -0.3 is 10.2 Å². The molecule has 0 aromatic rings. The van der Waals surface area contributed by atoms with Crippen molar-refractivity contribution in [3.05, 3.63) is 25.3 Å². The lowest BCUT2D eigenvalue weighted by Crippen LogP contribution is -2.39. The lowest BCUT2D eigenvalue weighted by molar-refractivity contribution is -0.135. The summed E-state index contributed by atoms with van der Waals surface area (Å²) in [6, 6.07) is 0. The maximum atomic E-state index is 11.5. The van der Waals surface area contributed by atoms with Crippen LogP contribution in [0.25, 0.3) is 0 Å². The Balaban J connectivity index is 5.45. The van der Waals surface area contributed by atoms with Crippen molar-refractivity contribution in [3.63, 3.8) is 0 Å². The van der Waals surface area contributed by atoms with Crippen LogP contribution in [-0.2, 0) is 19.4 Å². The van der Waals surface area contributed by atoms with Gasteiger partial charge in [-0.15, -0.1) is 13.2 Å². The van der Waals surface area contributed by atoms with Gasteiger partial charge in [0.2, 0.25) is 0 Å². The van der Waals surface area contributed by atoms with E-state index in [0.717, 1.165) is 0 Å². The second kappa shape index (κ2) is 4.74. The molecule has 0 saturated heterocycles. The van der Waals surface area contributed by atoms with Gasteiger partial charge >= 0.3 is 11.9 Å². The van der Waals surface area contributed by atoms with Gasteiger partial charge in [-0.05, 0) is 0 Å². The molecule has 0 bridgehead atoms. The Bertz CT molecular complexity index is 361. The minimum absolute atomic E-state index is 0.664. The van der Waals surface area contributed by atoms with Crippen molar-refractivity contribution in [2.75, 3.05) is 0 Å². The van der Waals surface area contributed by atoms with E-state index in [1.165, 1.54) is 0 Å². The standard InChI is InChI=1S/C8H10O6S/c1-3-5(7(9)10)15(13,14)6(4-2)8(11)12/h3-6H,1-2H2,(H,9,10)(H,11,12). The summed E-state index contributed by atoms with van der Waals surface area (Å²) in [5.41, 5.74) is 0. The van der Waals surface area contributed by atoms with Gasteiger partial charge in [-0.2, -0.15) is 0 Å². The fourth-order valence-corrected chi connectivity index (χ4v) is 2.32. The summed E-state index contributed by atoms with van der Waals surface area (Å²) < 4.78 is 22.9. The molecule has 0 aliphatic heterocycles. The second-order valence-corrected chi connectivity index (χ2v) is 4.77. The first-order chi connectivity index (χ1) is 6.78. The Morgan fingerprint density at radius 3 is 1.40 bits per heavy atom. The van der Waals surface area contributed by atoms with Gasteiger partial charge in [-0.3, -0.25) is 9.59 Å². The first kappa shape index (κ1) is 13.4. The summed E-state index contributed by atoms with van der Waals surface area (Å²) in [6.07, 6.45) is 1.33. The molecule has 2 atom stereocenters. The van der Waals surface area contributed by atoms with E-state index < -0.39 is 32.3 Å². The molecule has 0 aliphatic carbocycles. The van der Waals surface area contributed by atoms with Crippen LogP contribution in [0, 0.1) is 0 Å². The average Bonchev–Trinajstić information content (AvgIpc) is 2.02. The van der Waals surface area contributed by atoms with Crippen LogP contribution in [0.3, 0.4) is 0 Å². The van der Waals surface area contributed by atoms with Crippen LogP contribution in [0.2, 0.25) is 0 Å². The van der Waals surface area contributed by atoms with Crippen LogP contribution < -0.4 is 0 Å². The molecule has 0 spiro atoms. The van der Waals surface area contributed by atoms with E-state index in [1.54, 1.807) is 0 Å². The van der Waals surface area contributed by atoms with Gasteiger partial charge in [0.15, 0.2) is 20.3 Å². The summed E-state index contributed by atoms with van der Waals surface area (Å²) in [6.45, 7) is 6.07. The molecule has 15 heavy (non-hydrogen) atoms. The Morgan fingerprint density at radius 2 is 1.27 bits per heavy atom. The predicted octanol–water partition coefficient (Wildman–Crippen LogP) is -0.320. The Labute approximate surface area is 86.5 Å². The van der Waals surface area contributed by atoms with Crippen molar-refractivity contribution in [1.82, 2.24) is 0 Å². The molecule has 0 fully saturated rings. The van der Waals surface area contributed by atoms with E-state index >= 15 is 0 Å². The number of sulfone groups is 1. The highest BCUT2D eigenvalue weighted by Crippen LogP contribution is 2.12. The number of carbonyl (C=O) groups is 2. The zero-order valence-corrected chi connectivity index (χ0v) is 8.48. The average molecular weight is 234 g/mol. The van der Waals surface area contributed by atoms with E-state index in [-0.39, 0.29) is 0 Å². The molecule has 7 heteroatoms. The van der Waals surface area contributed by atoms with Crippen molar-refractivity contribution in [1.29, 1.82) is 0 Å². The minimum Gasteiger partial charge on any atom is -0.480 e. The molecule has 0 aromatic carbocycles. The minimum atomic E-state index is -4.40. The third kappa shape index (κ3) is 2.66. The zero-order valence-electron chi connectivity index (χ0n) is 7.66. The Kier molecular flexibility index (Phi) is 4.22. The highest BCUT2D eigenvalue weighted by molar-refractivity contribution is 7.94. The lowest BCUT2D eigenvalue weighted by Gasteiger charge is -2.13. The second-order valence-electron chi connectivity index (χ2n) is 2.58. The van der Waals surface area contributed by atoms with Gasteiger partial charge in [-0.1, -0.05) is 12.2 Å². The van der Waals surface area contributed by atoms with Crippen molar-refractivity contribution in [2.45, 2.75) is 10.5 Å².